The van der Waals surface area contributed by atoms with Gasteiger partial charge in [0.05, 0.1) is 5.52 Å². The molecule has 1 aliphatic rings. The van der Waals surface area contributed by atoms with Crippen molar-refractivity contribution in [3.63, 3.8) is 0 Å². The minimum absolute atomic E-state index is 0.1000. The van der Waals surface area contributed by atoms with Crippen molar-refractivity contribution >= 4 is 16.7 Å². The van der Waals surface area contributed by atoms with Crippen molar-refractivity contribution in [2.45, 2.75) is 38.5 Å². The first-order valence-corrected chi connectivity index (χ1v) is 10.5. The van der Waals surface area contributed by atoms with Crippen molar-refractivity contribution in [2.75, 3.05) is 25.5 Å². The van der Waals surface area contributed by atoms with Gasteiger partial charge in [0, 0.05) is 22.7 Å². The first-order valence-electron chi connectivity index (χ1n) is 10.5. The van der Waals surface area contributed by atoms with Gasteiger partial charge in [-0.1, -0.05) is 13.3 Å². The molecule has 0 spiro atoms. The number of carbonyl (C=O) groups is 1. The number of nitrogens with two attached hydrogens (primary N) is 1. The Hall–Kier alpha value is -2.66. The Morgan fingerprint density at radius 3 is 2.48 bits per heavy atom. The number of ketones is 1. The Balaban J connectivity index is 1.60. The van der Waals surface area contributed by atoms with Crippen molar-refractivity contribution in [1.29, 1.82) is 0 Å². The van der Waals surface area contributed by atoms with E-state index in [2.05, 4.69) is 11.8 Å². The second-order valence-electron chi connectivity index (χ2n) is 8.03. The van der Waals surface area contributed by atoms with E-state index >= 15 is 0 Å². The Morgan fingerprint density at radius 2 is 1.79 bits per heavy atom. The van der Waals surface area contributed by atoms with Crippen LogP contribution in [0.5, 0.6) is 0 Å². The molecule has 2 N–H and O–H groups in total. The van der Waals surface area contributed by atoms with Gasteiger partial charge in [-0.25, -0.2) is 4.39 Å². The zero-order valence-electron chi connectivity index (χ0n) is 16.9. The number of nitrogen functional groups attached to an aromatic ring is 1. The molecule has 1 saturated heterocycles. The number of carbonyl (C=O) groups excluding carboxylic acids is 1. The minimum Gasteiger partial charge on any atom is -0.339 e. The number of unbranched alkanes of at least 4 members (excludes halogenated alkanes) is 1. The molecule has 152 valence electrons. The number of halogens is 1. The average Bonchev–Trinajstić information content (AvgIpc) is 3.08. The Morgan fingerprint density at radius 1 is 1.10 bits per heavy atom. The summed E-state index contributed by atoms with van der Waals surface area (Å²) in [6.45, 7) is 5.62. The van der Waals surface area contributed by atoms with Crippen LogP contribution in [0, 0.1) is 5.82 Å². The molecule has 2 heterocycles. The normalized spacial score (nSPS) is 15.8. The standard InChI is InChI=1S/C24H28FN3O/c1-2-3-12-27-13-10-17(11-14-27)22-16-28(26)23-9-6-19(15-21(22)23)24(29)18-4-7-20(25)8-5-18/h4-9,15-17H,2-3,10-14,26H2,1H3. The highest BCUT2D eigenvalue weighted by Gasteiger charge is 2.24. The molecule has 3 aromatic rings. The van der Waals surface area contributed by atoms with Crippen molar-refractivity contribution in [3.8, 4) is 0 Å². The molecular weight excluding hydrogens is 365 g/mol. The van der Waals surface area contributed by atoms with Crippen LogP contribution in [0.1, 0.15) is 60.0 Å². The second kappa shape index (κ2) is 8.37. The molecule has 1 fully saturated rings. The van der Waals surface area contributed by atoms with Gasteiger partial charge in [-0.05, 0) is 92.8 Å². The third-order valence-corrected chi connectivity index (χ3v) is 6.09. The highest BCUT2D eigenvalue weighted by Crippen LogP contribution is 2.34. The summed E-state index contributed by atoms with van der Waals surface area (Å²) in [7, 11) is 0. The van der Waals surface area contributed by atoms with E-state index in [4.69, 9.17) is 5.84 Å². The number of benzene rings is 2. The molecule has 5 heteroatoms. The largest absolute Gasteiger partial charge is 0.339 e. The molecule has 0 atom stereocenters. The highest BCUT2D eigenvalue weighted by molar-refractivity contribution is 6.10. The number of fused-ring (bicyclic) bond motifs is 1. The van der Waals surface area contributed by atoms with Crippen LogP contribution in [0.4, 0.5) is 4.39 Å². The van der Waals surface area contributed by atoms with E-state index < -0.39 is 0 Å². The summed E-state index contributed by atoms with van der Waals surface area (Å²) in [6, 6.07) is 11.4. The van der Waals surface area contributed by atoms with Gasteiger partial charge in [-0.3, -0.25) is 9.47 Å². The first-order chi connectivity index (χ1) is 14.1. The number of hydrogen-bond donors (Lipinski definition) is 1. The fraction of sp³-hybridized carbons (Fsp3) is 0.375. The lowest BCUT2D eigenvalue weighted by atomic mass is 9.88. The highest BCUT2D eigenvalue weighted by atomic mass is 19.1. The number of aromatic nitrogens is 1. The molecule has 29 heavy (non-hydrogen) atoms. The van der Waals surface area contributed by atoms with Crippen molar-refractivity contribution in [1.82, 2.24) is 9.58 Å². The molecule has 0 radical (unpaired) electrons. The molecule has 1 aromatic heterocycles. The summed E-state index contributed by atoms with van der Waals surface area (Å²) >= 11 is 0. The van der Waals surface area contributed by atoms with Crippen LogP contribution in [0.3, 0.4) is 0 Å². The smallest absolute Gasteiger partial charge is 0.193 e. The molecule has 1 aliphatic heterocycles. The van der Waals surface area contributed by atoms with E-state index in [1.165, 1.54) is 49.2 Å². The lowest BCUT2D eigenvalue weighted by molar-refractivity contribution is 0.103. The lowest BCUT2D eigenvalue weighted by Gasteiger charge is -2.31. The van der Waals surface area contributed by atoms with E-state index in [-0.39, 0.29) is 11.6 Å². The lowest BCUT2D eigenvalue weighted by Crippen LogP contribution is -2.33. The van der Waals surface area contributed by atoms with Gasteiger partial charge in [0.25, 0.3) is 0 Å². The van der Waals surface area contributed by atoms with E-state index in [0.29, 0.717) is 17.0 Å². The third-order valence-electron chi connectivity index (χ3n) is 6.09. The molecule has 0 aliphatic carbocycles. The zero-order chi connectivity index (χ0) is 20.4. The van der Waals surface area contributed by atoms with Gasteiger partial charge in [-0.2, -0.15) is 0 Å². The van der Waals surface area contributed by atoms with Crippen molar-refractivity contribution < 1.29 is 9.18 Å². The van der Waals surface area contributed by atoms with E-state index in [0.717, 1.165) is 36.8 Å². The summed E-state index contributed by atoms with van der Waals surface area (Å²) in [5.74, 6) is 6.22. The van der Waals surface area contributed by atoms with E-state index in [1.807, 2.05) is 18.3 Å². The number of likely N-dealkylation sites (tertiary alicyclic amines) is 1. The topological polar surface area (TPSA) is 51.3 Å². The molecule has 0 saturated carbocycles. The SMILES string of the molecule is CCCCN1CCC(c2cn(N)c3ccc(C(=O)c4ccc(F)cc4)cc23)CC1. The van der Waals surface area contributed by atoms with Crippen LogP contribution in [0.15, 0.2) is 48.7 Å². The average molecular weight is 394 g/mol. The van der Waals surface area contributed by atoms with Crippen LogP contribution >= 0.6 is 0 Å². The molecule has 0 bridgehead atoms. The number of hydrogen-bond acceptors (Lipinski definition) is 3. The fourth-order valence-electron chi connectivity index (χ4n) is 4.37. The third kappa shape index (κ3) is 4.06. The van der Waals surface area contributed by atoms with Crippen LogP contribution in [-0.2, 0) is 0 Å². The molecule has 4 nitrogen and oxygen atoms in total. The van der Waals surface area contributed by atoms with Gasteiger partial charge in [0.2, 0.25) is 0 Å². The second-order valence-corrected chi connectivity index (χ2v) is 8.03. The minimum atomic E-state index is -0.343. The maximum Gasteiger partial charge on any atom is 0.193 e. The molecule has 0 amide bonds. The van der Waals surface area contributed by atoms with Gasteiger partial charge >= 0.3 is 0 Å². The summed E-state index contributed by atoms with van der Waals surface area (Å²) in [4.78, 5) is 15.4. The van der Waals surface area contributed by atoms with Crippen LogP contribution < -0.4 is 5.84 Å². The van der Waals surface area contributed by atoms with E-state index in [9.17, 15) is 9.18 Å². The molecule has 4 rings (SSSR count). The van der Waals surface area contributed by atoms with Gasteiger partial charge in [-0.15, -0.1) is 0 Å². The van der Waals surface area contributed by atoms with Crippen molar-refractivity contribution in [3.05, 3.63) is 71.2 Å². The van der Waals surface area contributed by atoms with Gasteiger partial charge < -0.3 is 10.7 Å². The number of nitrogens with zero attached hydrogens (tertiary/aromatic N) is 2. The van der Waals surface area contributed by atoms with Crippen LogP contribution in [0.25, 0.3) is 10.9 Å². The summed E-state index contributed by atoms with van der Waals surface area (Å²) in [5, 5.41) is 1.05. The van der Waals surface area contributed by atoms with Crippen molar-refractivity contribution in [2.24, 2.45) is 0 Å². The van der Waals surface area contributed by atoms with Gasteiger partial charge in [0.1, 0.15) is 5.82 Å². The predicted molar refractivity (Wildman–Crippen MR) is 115 cm³/mol. The Kier molecular flexibility index (Phi) is 5.67. The maximum atomic E-state index is 13.2. The Labute approximate surface area is 171 Å². The summed E-state index contributed by atoms with van der Waals surface area (Å²) in [5.41, 5.74) is 3.26. The molecular formula is C24H28FN3O. The molecule has 0 unspecified atom stereocenters. The monoisotopic (exact) mass is 393 g/mol. The quantitative estimate of drug-likeness (QED) is 0.488. The zero-order valence-corrected chi connectivity index (χ0v) is 16.9. The Bertz CT molecular complexity index is 1000. The number of rotatable bonds is 6. The first kappa shape index (κ1) is 19.6. The predicted octanol–water partition coefficient (Wildman–Crippen LogP) is 4.70. The maximum absolute atomic E-state index is 13.2. The van der Waals surface area contributed by atoms with Crippen LogP contribution in [-0.4, -0.2) is 35.0 Å². The van der Waals surface area contributed by atoms with Crippen LogP contribution in [0.2, 0.25) is 0 Å². The molecule has 2 aromatic carbocycles. The number of piperidine rings is 1. The van der Waals surface area contributed by atoms with Gasteiger partial charge in [0.15, 0.2) is 5.78 Å². The van der Waals surface area contributed by atoms with E-state index in [1.54, 1.807) is 10.7 Å². The fourth-order valence-corrected chi connectivity index (χ4v) is 4.37. The summed E-state index contributed by atoms with van der Waals surface area (Å²) in [6.07, 6.45) is 6.72. The summed E-state index contributed by atoms with van der Waals surface area (Å²) < 4.78 is 14.9.